The van der Waals surface area contributed by atoms with Crippen molar-refractivity contribution in [3.05, 3.63) is 71.3 Å². The molecule has 0 bridgehead atoms. The second kappa shape index (κ2) is 5.59. The van der Waals surface area contributed by atoms with Crippen molar-refractivity contribution in [2.24, 2.45) is 5.92 Å². The van der Waals surface area contributed by atoms with Crippen LogP contribution in [0.2, 0.25) is 0 Å². The summed E-state index contributed by atoms with van der Waals surface area (Å²) in [5, 5.41) is 0. The van der Waals surface area contributed by atoms with Crippen LogP contribution in [-0.4, -0.2) is 17.2 Å². The maximum atomic E-state index is 12.4. The first kappa shape index (κ1) is 13.1. The molecular weight excluding hydrogens is 246 g/mol. The van der Waals surface area contributed by atoms with Gasteiger partial charge in [-0.1, -0.05) is 61.5 Å². The maximum Gasteiger partial charge on any atom is 0.166 e. The summed E-state index contributed by atoms with van der Waals surface area (Å²) in [7, 11) is 0. The van der Waals surface area contributed by atoms with E-state index in [-0.39, 0.29) is 11.7 Å². The van der Waals surface area contributed by atoms with Crippen molar-refractivity contribution in [3.8, 4) is 0 Å². The third-order valence-electron chi connectivity index (χ3n) is 3.94. The lowest BCUT2D eigenvalue weighted by atomic mass is 9.99. The number of rotatable bonds is 4. The van der Waals surface area contributed by atoms with Crippen LogP contribution in [0, 0.1) is 5.92 Å². The number of ketones is 1. The zero-order valence-corrected chi connectivity index (χ0v) is 11.8. The Kier molecular flexibility index (Phi) is 3.66. The van der Waals surface area contributed by atoms with Crippen LogP contribution in [0.25, 0.3) is 0 Å². The number of hydrogen-bond donors (Lipinski definition) is 0. The SMILES string of the molecule is CC(CN1Cc2ccccc2C1)C(=O)c1ccccc1. The maximum absolute atomic E-state index is 12.4. The molecule has 2 nitrogen and oxygen atoms in total. The monoisotopic (exact) mass is 265 g/mol. The van der Waals surface area contributed by atoms with Crippen LogP contribution in [0.3, 0.4) is 0 Å². The summed E-state index contributed by atoms with van der Waals surface area (Å²) in [4.78, 5) is 14.7. The summed E-state index contributed by atoms with van der Waals surface area (Å²) in [5.41, 5.74) is 3.61. The summed E-state index contributed by atoms with van der Waals surface area (Å²) in [6, 6.07) is 18.1. The molecule has 0 aromatic heterocycles. The molecule has 2 aromatic rings. The highest BCUT2D eigenvalue weighted by molar-refractivity contribution is 5.97. The van der Waals surface area contributed by atoms with E-state index in [1.807, 2.05) is 37.3 Å². The van der Waals surface area contributed by atoms with Crippen molar-refractivity contribution >= 4 is 5.78 Å². The molecule has 0 fully saturated rings. The third kappa shape index (κ3) is 2.66. The van der Waals surface area contributed by atoms with E-state index in [1.54, 1.807) is 0 Å². The van der Waals surface area contributed by atoms with Crippen molar-refractivity contribution in [1.29, 1.82) is 0 Å². The van der Waals surface area contributed by atoms with Crippen LogP contribution in [-0.2, 0) is 13.1 Å². The summed E-state index contributed by atoms with van der Waals surface area (Å²) < 4.78 is 0. The molecule has 0 radical (unpaired) electrons. The van der Waals surface area contributed by atoms with Crippen molar-refractivity contribution in [2.75, 3.05) is 6.54 Å². The van der Waals surface area contributed by atoms with E-state index >= 15 is 0 Å². The fourth-order valence-corrected chi connectivity index (χ4v) is 2.89. The standard InChI is InChI=1S/C18H19NO/c1-14(18(20)15-7-3-2-4-8-15)11-19-12-16-9-5-6-10-17(16)13-19/h2-10,14H,11-13H2,1H3. The van der Waals surface area contributed by atoms with E-state index in [2.05, 4.69) is 29.2 Å². The summed E-state index contributed by atoms with van der Waals surface area (Å²) in [6.45, 7) is 4.77. The number of Topliss-reactive ketones (excluding diaryl/α,β-unsaturated/α-hetero) is 1. The molecule has 2 heteroatoms. The molecule has 0 aliphatic carbocycles. The Morgan fingerprint density at radius 1 is 1.00 bits per heavy atom. The van der Waals surface area contributed by atoms with Gasteiger partial charge in [0.1, 0.15) is 0 Å². The lowest BCUT2D eigenvalue weighted by Crippen LogP contribution is -2.27. The Bertz CT molecular complexity index is 581. The molecule has 1 heterocycles. The summed E-state index contributed by atoms with van der Waals surface area (Å²) >= 11 is 0. The number of fused-ring (bicyclic) bond motifs is 1. The highest BCUT2D eigenvalue weighted by atomic mass is 16.1. The minimum atomic E-state index is 0.0340. The number of hydrogen-bond acceptors (Lipinski definition) is 2. The second-order valence-electron chi connectivity index (χ2n) is 5.57. The van der Waals surface area contributed by atoms with Gasteiger partial charge in [0, 0.05) is 31.1 Å². The molecule has 2 aromatic carbocycles. The zero-order chi connectivity index (χ0) is 13.9. The molecule has 0 saturated heterocycles. The van der Waals surface area contributed by atoms with Gasteiger partial charge in [0.2, 0.25) is 0 Å². The fraction of sp³-hybridized carbons (Fsp3) is 0.278. The number of benzene rings is 2. The lowest BCUT2D eigenvalue weighted by Gasteiger charge is -2.19. The van der Waals surface area contributed by atoms with Crippen molar-refractivity contribution in [2.45, 2.75) is 20.0 Å². The number of carbonyl (C=O) groups is 1. The average Bonchev–Trinajstić information content (AvgIpc) is 2.89. The van der Waals surface area contributed by atoms with Gasteiger partial charge in [0.05, 0.1) is 0 Å². The molecule has 0 saturated carbocycles. The molecule has 1 atom stereocenters. The Balaban J connectivity index is 1.64. The van der Waals surface area contributed by atoms with Gasteiger partial charge in [-0.15, -0.1) is 0 Å². The van der Waals surface area contributed by atoms with E-state index in [1.165, 1.54) is 11.1 Å². The van der Waals surface area contributed by atoms with E-state index in [0.717, 1.165) is 25.2 Å². The van der Waals surface area contributed by atoms with Gasteiger partial charge >= 0.3 is 0 Å². The molecule has 102 valence electrons. The molecule has 0 spiro atoms. The van der Waals surface area contributed by atoms with Gasteiger partial charge in [-0.3, -0.25) is 9.69 Å². The first-order chi connectivity index (χ1) is 9.74. The molecule has 1 aliphatic rings. The lowest BCUT2D eigenvalue weighted by molar-refractivity contribution is 0.0892. The number of carbonyl (C=O) groups excluding carboxylic acids is 1. The molecule has 1 aliphatic heterocycles. The largest absolute Gasteiger partial charge is 0.294 e. The molecule has 0 amide bonds. The first-order valence-electron chi connectivity index (χ1n) is 7.12. The van der Waals surface area contributed by atoms with E-state index in [0.29, 0.717) is 0 Å². The molecule has 0 N–H and O–H groups in total. The Hall–Kier alpha value is -1.93. The second-order valence-corrected chi connectivity index (χ2v) is 5.57. The van der Waals surface area contributed by atoms with E-state index < -0.39 is 0 Å². The van der Waals surface area contributed by atoms with Crippen LogP contribution in [0.5, 0.6) is 0 Å². The number of nitrogens with zero attached hydrogens (tertiary/aromatic N) is 1. The summed E-state index contributed by atoms with van der Waals surface area (Å²) in [5.74, 6) is 0.272. The Morgan fingerprint density at radius 2 is 1.55 bits per heavy atom. The van der Waals surface area contributed by atoms with E-state index in [9.17, 15) is 4.79 Å². The van der Waals surface area contributed by atoms with Crippen LogP contribution < -0.4 is 0 Å². The smallest absolute Gasteiger partial charge is 0.166 e. The third-order valence-corrected chi connectivity index (χ3v) is 3.94. The highest BCUT2D eigenvalue weighted by Crippen LogP contribution is 2.23. The van der Waals surface area contributed by atoms with Gasteiger partial charge in [0.25, 0.3) is 0 Å². The Labute approximate surface area is 120 Å². The normalized spacial score (nSPS) is 15.8. The molecule has 1 unspecified atom stereocenters. The van der Waals surface area contributed by atoms with Gasteiger partial charge in [-0.05, 0) is 11.1 Å². The molecule has 3 rings (SSSR count). The fourth-order valence-electron chi connectivity index (χ4n) is 2.89. The van der Waals surface area contributed by atoms with Crippen LogP contribution >= 0.6 is 0 Å². The summed E-state index contributed by atoms with van der Waals surface area (Å²) in [6.07, 6.45) is 0. The predicted octanol–water partition coefficient (Wildman–Crippen LogP) is 3.52. The van der Waals surface area contributed by atoms with Crippen LogP contribution in [0.15, 0.2) is 54.6 Å². The van der Waals surface area contributed by atoms with E-state index in [4.69, 9.17) is 0 Å². The molecular formula is C18H19NO. The quantitative estimate of drug-likeness (QED) is 0.788. The average molecular weight is 265 g/mol. The highest BCUT2D eigenvalue weighted by Gasteiger charge is 2.23. The minimum absolute atomic E-state index is 0.0340. The van der Waals surface area contributed by atoms with Crippen LogP contribution in [0.1, 0.15) is 28.4 Å². The van der Waals surface area contributed by atoms with Gasteiger partial charge < -0.3 is 0 Å². The van der Waals surface area contributed by atoms with Crippen molar-refractivity contribution in [3.63, 3.8) is 0 Å². The molecule has 20 heavy (non-hydrogen) atoms. The zero-order valence-electron chi connectivity index (χ0n) is 11.8. The van der Waals surface area contributed by atoms with Gasteiger partial charge in [-0.25, -0.2) is 0 Å². The van der Waals surface area contributed by atoms with Gasteiger partial charge in [0.15, 0.2) is 5.78 Å². The minimum Gasteiger partial charge on any atom is -0.294 e. The van der Waals surface area contributed by atoms with Crippen molar-refractivity contribution in [1.82, 2.24) is 4.90 Å². The van der Waals surface area contributed by atoms with Gasteiger partial charge in [-0.2, -0.15) is 0 Å². The topological polar surface area (TPSA) is 20.3 Å². The van der Waals surface area contributed by atoms with Crippen molar-refractivity contribution < 1.29 is 4.79 Å². The predicted molar refractivity (Wildman–Crippen MR) is 80.5 cm³/mol. The first-order valence-corrected chi connectivity index (χ1v) is 7.12. The Morgan fingerprint density at radius 3 is 2.15 bits per heavy atom. The van der Waals surface area contributed by atoms with Crippen LogP contribution in [0.4, 0.5) is 0 Å².